The van der Waals surface area contributed by atoms with Gasteiger partial charge in [-0.2, -0.15) is 0 Å². The van der Waals surface area contributed by atoms with Gasteiger partial charge < -0.3 is 5.32 Å². The van der Waals surface area contributed by atoms with E-state index in [0.29, 0.717) is 6.04 Å². The first kappa shape index (κ1) is 17.2. The molecule has 1 aromatic rings. The first-order valence-electron chi connectivity index (χ1n) is 8.15. The van der Waals surface area contributed by atoms with Crippen LogP contribution in [0, 0.1) is 5.92 Å². The van der Waals surface area contributed by atoms with Crippen LogP contribution in [-0.4, -0.2) is 12.6 Å². The third-order valence-corrected chi connectivity index (χ3v) is 3.74. The van der Waals surface area contributed by atoms with E-state index in [9.17, 15) is 0 Å². The molecule has 1 aromatic carbocycles. The Bertz CT molecular complexity index is 370. The van der Waals surface area contributed by atoms with Gasteiger partial charge in [-0.3, -0.25) is 0 Å². The molecule has 0 aliphatic heterocycles. The SMILES string of the molecule is CCCNC(Cc1ccc(C(C)(C)C)cc1)CC(C)C. The van der Waals surface area contributed by atoms with Gasteiger partial charge in [0, 0.05) is 6.04 Å². The van der Waals surface area contributed by atoms with Crippen LogP contribution in [0.15, 0.2) is 24.3 Å². The van der Waals surface area contributed by atoms with E-state index in [2.05, 4.69) is 71.1 Å². The molecule has 0 heterocycles. The summed E-state index contributed by atoms with van der Waals surface area (Å²) in [5.41, 5.74) is 3.12. The fraction of sp³-hybridized carbons (Fsp3) is 0.684. The van der Waals surface area contributed by atoms with Gasteiger partial charge in [-0.15, -0.1) is 0 Å². The minimum atomic E-state index is 0.246. The first-order chi connectivity index (χ1) is 9.32. The summed E-state index contributed by atoms with van der Waals surface area (Å²) in [6.07, 6.45) is 3.60. The molecule has 1 rings (SSSR count). The lowest BCUT2D eigenvalue weighted by Crippen LogP contribution is -2.33. The van der Waals surface area contributed by atoms with E-state index in [1.807, 2.05) is 0 Å². The summed E-state index contributed by atoms with van der Waals surface area (Å²) >= 11 is 0. The monoisotopic (exact) mass is 275 g/mol. The Hall–Kier alpha value is -0.820. The Morgan fingerprint density at radius 2 is 1.65 bits per heavy atom. The molecule has 0 amide bonds. The Kier molecular flexibility index (Phi) is 6.75. The van der Waals surface area contributed by atoms with Gasteiger partial charge in [-0.25, -0.2) is 0 Å². The number of hydrogen-bond donors (Lipinski definition) is 1. The van der Waals surface area contributed by atoms with Crippen LogP contribution in [0.25, 0.3) is 0 Å². The number of benzene rings is 1. The van der Waals surface area contributed by atoms with E-state index in [0.717, 1.165) is 18.9 Å². The van der Waals surface area contributed by atoms with Gasteiger partial charge >= 0.3 is 0 Å². The second kappa shape index (κ2) is 7.83. The highest BCUT2D eigenvalue weighted by atomic mass is 14.9. The van der Waals surface area contributed by atoms with Crippen molar-refractivity contribution in [2.45, 2.75) is 72.3 Å². The van der Waals surface area contributed by atoms with Gasteiger partial charge in [-0.1, -0.05) is 65.8 Å². The lowest BCUT2D eigenvalue weighted by molar-refractivity contribution is 0.416. The summed E-state index contributed by atoms with van der Waals surface area (Å²) in [5.74, 6) is 0.748. The number of nitrogens with one attached hydrogen (secondary N) is 1. The predicted molar refractivity (Wildman–Crippen MR) is 90.4 cm³/mol. The van der Waals surface area contributed by atoms with Crippen LogP contribution < -0.4 is 5.32 Å². The summed E-state index contributed by atoms with van der Waals surface area (Å²) in [5, 5.41) is 3.69. The highest BCUT2D eigenvalue weighted by molar-refractivity contribution is 5.28. The van der Waals surface area contributed by atoms with E-state index in [-0.39, 0.29) is 5.41 Å². The van der Waals surface area contributed by atoms with Crippen LogP contribution in [0.1, 0.15) is 65.5 Å². The van der Waals surface area contributed by atoms with Crippen LogP contribution in [0.4, 0.5) is 0 Å². The van der Waals surface area contributed by atoms with Gasteiger partial charge in [0.25, 0.3) is 0 Å². The fourth-order valence-corrected chi connectivity index (χ4v) is 2.58. The zero-order valence-corrected chi connectivity index (χ0v) is 14.3. The highest BCUT2D eigenvalue weighted by Crippen LogP contribution is 2.22. The molecule has 1 heteroatoms. The van der Waals surface area contributed by atoms with Gasteiger partial charge in [0.1, 0.15) is 0 Å². The molecule has 0 saturated heterocycles. The van der Waals surface area contributed by atoms with Crippen LogP contribution in [0.2, 0.25) is 0 Å². The van der Waals surface area contributed by atoms with E-state index in [1.54, 1.807) is 0 Å². The van der Waals surface area contributed by atoms with E-state index in [4.69, 9.17) is 0 Å². The Labute approximate surface area is 126 Å². The van der Waals surface area contributed by atoms with Crippen LogP contribution >= 0.6 is 0 Å². The second-order valence-corrected chi connectivity index (χ2v) is 7.43. The molecule has 0 saturated carbocycles. The molecule has 20 heavy (non-hydrogen) atoms. The molecule has 0 aliphatic carbocycles. The Morgan fingerprint density at radius 3 is 2.10 bits per heavy atom. The van der Waals surface area contributed by atoms with Gasteiger partial charge in [0.2, 0.25) is 0 Å². The average Bonchev–Trinajstić information content (AvgIpc) is 2.35. The van der Waals surface area contributed by atoms with Crippen LogP contribution in [0.3, 0.4) is 0 Å². The molecule has 0 fully saturated rings. The summed E-state index contributed by atoms with van der Waals surface area (Å²) in [6, 6.07) is 9.81. The lowest BCUT2D eigenvalue weighted by Gasteiger charge is -2.22. The highest BCUT2D eigenvalue weighted by Gasteiger charge is 2.14. The number of rotatable bonds is 7. The molecule has 0 aliphatic rings. The molecule has 0 bridgehead atoms. The van der Waals surface area contributed by atoms with Crippen molar-refractivity contribution < 1.29 is 0 Å². The topological polar surface area (TPSA) is 12.0 Å². The minimum absolute atomic E-state index is 0.246. The molecular formula is C19H33N. The largest absolute Gasteiger partial charge is 0.314 e. The van der Waals surface area contributed by atoms with Crippen molar-refractivity contribution in [1.29, 1.82) is 0 Å². The molecule has 1 atom stereocenters. The van der Waals surface area contributed by atoms with Crippen LogP contribution in [-0.2, 0) is 11.8 Å². The maximum atomic E-state index is 3.69. The zero-order valence-electron chi connectivity index (χ0n) is 14.3. The van der Waals surface area contributed by atoms with Crippen molar-refractivity contribution in [3.05, 3.63) is 35.4 Å². The normalized spacial score (nSPS) is 13.8. The van der Waals surface area contributed by atoms with Crippen molar-refractivity contribution in [2.75, 3.05) is 6.54 Å². The summed E-state index contributed by atoms with van der Waals surface area (Å²) in [6.45, 7) is 14.8. The van der Waals surface area contributed by atoms with Crippen molar-refractivity contribution >= 4 is 0 Å². The standard InChI is InChI=1S/C19H33N/c1-7-12-20-18(13-15(2)3)14-16-8-10-17(11-9-16)19(4,5)6/h8-11,15,18,20H,7,12-14H2,1-6H3. The van der Waals surface area contributed by atoms with Crippen molar-refractivity contribution in [2.24, 2.45) is 5.92 Å². The van der Waals surface area contributed by atoms with Crippen molar-refractivity contribution in [3.8, 4) is 0 Å². The first-order valence-corrected chi connectivity index (χ1v) is 8.15. The van der Waals surface area contributed by atoms with Gasteiger partial charge in [0.05, 0.1) is 0 Å². The summed E-state index contributed by atoms with van der Waals surface area (Å²) < 4.78 is 0. The average molecular weight is 275 g/mol. The summed E-state index contributed by atoms with van der Waals surface area (Å²) in [7, 11) is 0. The fourth-order valence-electron chi connectivity index (χ4n) is 2.58. The maximum Gasteiger partial charge on any atom is 0.0110 e. The lowest BCUT2D eigenvalue weighted by atomic mass is 9.86. The van der Waals surface area contributed by atoms with Crippen LogP contribution in [0.5, 0.6) is 0 Å². The molecular weight excluding hydrogens is 242 g/mol. The van der Waals surface area contributed by atoms with Gasteiger partial charge in [-0.05, 0) is 48.3 Å². The van der Waals surface area contributed by atoms with E-state index in [1.165, 1.54) is 24.0 Å². The van der Waals surface area contributed by atoms with Crippen molar-refractivity contribution in [3.63, 3.8) is 0 Å². The minimum Gasteiger partial charge on any atom is -0.314 e. The molecule has 0 aromatic heterocycles. The molecule has 1 N–H and O–H groups in total. The van der Waals surface area contributed by atoms with E-state index < -0.39 is 0 Å². The molecule has 1 unspecified atom stereocenters. The zero-order chi connectivity index (χ0) is 15.2. The number of hydrogen-bond acceptors (Lipinski definition) is 1. The van der Waals surface area contributed by atoms with E-state index >= 15 is 0 Å². The second-order valence-electron chi connectivity index (χ2n) is 7.43. The maximum absolute atomic E-state index is 3.69. The Balaban J connectivity index is 2.68. The third kappa shape index (κ3) is 6.09. The molecule has 1 nitrogen and oxygen atoms in total. The smallest absolute Gasteiger partial charge is 0.0110 e. The molecule has 0 radical (unpaired) electrons. The van der Waals surface area contributed by atoms with Crippen molar-refractivity contribution in [1.82, 2.24) is 5.32 Å². The molecule has 114 valence electrons. The van der Waals surface area contributed by atoms with Gasteiger partial charge in [0.15, 0.2) is 0 Å². The summed E-state index contributed by atoms with van der Waals surface area (Å²) in [4.78, 5) is 0. The molecule has 0 spiro atoms. The third-order valence-electron chi connectivity index (χ3n) is 3.74. The quantitative estimate of drug-likeness (QED) is 0.743. The predicted octanol–water partition coefficient (Wildman–Crippen LogP) is 4.94. The Morgan fingerprint density at radius 1 is 1.05 bits per heavy atom.